The van der Waals surface area contributed by atoms with Crippen LogP contribution < -0.4 is 5.32 Å². The van der Waals surface area contributed by atoms with Crippen LogP contribution in [0.2, 0.25) is 0 Å². The van der Waals surface area contributed by atoms with Crippen molar-refractivity contribution in [1.82, 2.24) is 5.32 Å². The van der Waals surface area contributed by atoms with Gasteiger partial charge in [-0.05, 0) is 55.4 Å². The van der Waals surface area contributed by atoms with Crippen molar-refractivity contribution in [2.75, 3.05) is 6.54 Å². The number of aryl methyl sites for hydroxylation is 1. The van der Waals surface area contributed by atoms with Crippen LogP contribution in [-0.4, -0.2) is 23.5 Å². The molecule has 1 aliphatic carbocycles. The molecular formula is C15H17NO3. The van der Waals surface area contributed by atoms with Gasteiger partial charge in [0.05, 0.1) is 11.0 Å². The van der Waals surface area contributed by atoms with E-state index in [1.54, 1.807) is 12.1 Å². The lowest BCUT2D eigenvalue weighted by Crippen LogP contribution is -2.48. The van der Waals surface area contributed by atoms with E-state index in [0.717, 1.165) is 49.8 Å². The summed E-state index contributed by atoms with van der Waals surface area (Å²) in [6.07, 6.45) is 4.35. The molecule has 0 saturated carbocycles. The second kappa shape index (κ2) is 4.37. The Morgan fingerprint density at radius 1 is 1.26 bits per heavy atom. The predicted octanol–water partition coefficient (Wildman–Crippen LogP) is 1.77. The summed E-state index contributed by atoms with van der Waals surface area (Å²) >= 11 is 0. The highest BCUT2D eigenvalue weighted by molar-refractivity contribution is 5.88. The molecule has 2 N–H and O–H groups in total. The van der Waals surface area contributed by atoms with Gasteiger partial charge in [0.1, 0.15) is 0 Å². The van der Waals surface area contributed by atoms with E-state index in [-0.39, 0.29) is 11.3 Å². The Balaban J connectivity index is 1.92. The molecule has 4 heteroatoms. The lowest BCUT2D eigenvalue weighted by Gasteiger charge is -2.39. The van der Waals surface area contributed by atoms with Crippen LogP contribution in [0, 0.1) is 5.41 Å². The Labute approximate surface area is 111 Å². The molecule has 4 nitrogen and oxygen atoms in total. The number of aromatic carboxylic acids is 1. The third-order valence-corrected chi connectivity index (χ3v) is 4.45. The second-order valence-corrected chi connectivity index (χ2v) is 5.61. The van der Waals surface area contributed by atoms with E-state index in [9.17, 15) is 9.59 Å². The first-order chi connectivity index (χ1) is 9.11. The smallest absolute Gasteiger partial charge is 0.335 e. The number of carboxylic acid groups (broad SMARTS) is 1. The van der Waals surface area contributed by atoms with Crippen LogP contribution in [0.25, 0.3) is 0 Å². The zero-order valence-electron chi connectivity index (χ0n) is 10.7. The van der Waals surface area contributed by atoms with Gasteiger partial charge in [-0.25, -0.2) is 4.79 Å². The summed E-state index contributed by atoms with van der Waals surface area (Å²) in [5.74, 6) is -0.717. The zero-order chi connectivity index (χ0) is 13.5. The van der Waals surface area contributed by atoms with Crippen LogP contribution in [0.5, 0.6) is 0 Å². The third-order valence-electron chi connectivity index (χ3n) is 4.45. The van der Waals surface area contributed by atoms with Gasteiger partial charge in [0, 0.05) is 6.54 Å². The highest BCUT2D eigenvalue weighted by Crippen LogP contribution is 2.41. The molecule has 19 heavy (non-hydrogen) atoms. The molecule has 1 aromatic rings. The predicted molar refractivity (Wildman–Crippen MR) is 70.1 cm³/mol. The standard InChI is InChI=1S/C15H17NO3/c17-13(18)11-2-3-12-9-15(6-4-10(12)8-11)5-1-7-16-14(15)19/h2-3,8H,1,4-7,9H2,(H,16,19)(H,17,18)/t15-/m0/s1. The molecule has 0 aromatic heterocycles. The maximum absolute atomic E-state index is 12.2. The number of piperidine rings is 1. The first-order valence-electron chi connectivity index (χ1n) is 6.74. The van der Waals surface area contributed by atoms with Crippen LogP contribution in [0.4, 0.5) is 0 Å². The van der Waals surface area contributed by atoms with Crippen LogP contribution in [0.15, 0.2) is 18.2 Å². The summed E-state index contributed by atoms with van der Waals surface area (Å²) in [5.41, 5.74) is 2.30. The normalized spacial score (nSPS) is 25.8. The van der Waals surface area contributed by atoms with E-state index in [0.29, 0.717) is 5.56 Å². The minimum absolute atomic E-state index is 0.173. The molecule has 1 aromatic carbocycles. The van der Waals surface area contributed by atoms with Gasteiger partial charge in [-0.2, -0.15) is 0 Å². The van der Waals surface area contributed by atoms with E-state index in [1.807, 2.05) is 6.07 Å². The van der Waals surface area contributed by atoms with Crippen molar-refractivity contribution in [3.63, 3.8) is 0 Å². The van der Waals surface area contributed by atoms with E-state index >= 15 is 0 Å². The number of amides is 1. The molecule has 1 aliphatic heterocycles. The summed E-state index contributed by atoms with van der Waals surface area (Å²) in [6, 6.07) is 5.27. The molecule has 1 fully saturated rings. The van der Waals surface area contributed by atoms with E-state index < -0.39 is 5.97 Å². The van der Waals surface area contributed by atoms with Gasteiger partial charge >= 0.3 is 5.97 Å². The van der Waals surface area contributed by atoms with Crippen molar-refractivity contribution >= 4 is 11.9 Å². The van der Waals surface area contributed by atoms with Crippen LogP contribution >= 0.6 is 0 Å². The fraction of sp³-hybridized carbons (Fsp3) is 0.467. The number of hydrogen-bond donors (Lipinski definition) is 2. The third kappa shape index (κ3) is 2.01. The molecule has 2 aliphatic rings. The number of carbonyl (C=O) groups is 2. The molecule has 1 atom stereocenters. The van der Waals surface area contributed by atoms with Gasteiger partial charge in [0.25, 0.3) is 0 Å². The average Bonchev–Trinajstić information content (AvgIpc) is 2.41. The van der Waals surface area contributed by atoms with Crippen LogP contribution in [0.1, 0.15) is 40.7 Å². The Morgan fingerprint density at radius 3 is 2.84 bits per heavy atom. The summed E-state index contributed by atoms with van der Waals surface area (Å²) in [6.45, 7) is 0.783. The minimum atomic E-state index is -0.890. The number of carboxylic acids is 1. The Hall–Kier alpha value is -1.84. The number of benzene rings is 1. The fourth-order valence-electron chi connectivity index (χ4n) is 3.33. The van der Waals surface area contributed by atoms with Crippen molar-refractivity contribution in [2.45, 2.75) is 32.1 Å². The van der Waals surface area contributed by atoms with Gasteiger partial charge in [0.2, 0.25) is 5.91 Å². The van der Waals surface area contributed by atoms with Gasteiger partial charge in [0.15, 0.2) is 0 Å². The van der Waals surface area contributed by atoms with Crippen LogP contribution in [-0.2, 0) is 17.6 Å². The van der Waals surface area contributed by atoms with Crippen molar-refractivity contribution in [2.24, 2.45) is 5.41 Å². The number of fused-ring (bicyclic) bond motifs is 1. The lowest BCUT2D eigenvalue weighted by atomic mass is 9.67. The van der Waals surface area contributed by atoms with E-state index in [2.05, 4.69) is 5.32 Å². The van der Waals surface area contributed by atoms with E-state index in [4.69, 9.17) is 5.11 Å². The quantitative estimate of drug-likeness (QED) is 0.807. The zero-order valence-corrected chi connectivity index (χ0v) is 10.7. The molecule has 3 rings (SSSR count). The average molecular weight is 259 g/mol. The fourth-order valence-corrected chi connectivity index (χ4v) is 3.33. The second-order valence-electron chi connectivity index (χ2n) is 5.61. The molecule has 0 unspecified atom stereocenters. The van der Waals surface area contributed by atoms with Crippen molar-refractivity contribution in [3.8, 4) is 0 Å². The molecular weight excluding hydrogens is 242 g/mol. The molecule has 1 spiro atoms. The van der Waals surface area contributed by atoms with Gasteiger partial charge in [-0.3, -0.25) is 4.79 Å². The molecule has 1 heterocycles. The molecule has 0 bridgehead atoms. The van der Waals surface area contributed by atoms with Crippen molar-refractivity contribution in [3.05, 3.63) is 34.9 Å². The summed E-state index contributed by atoms with van der Waals surface area (Å²) in [5, 5.41) is 12.0. The molecule has 1 amide bonds. The van der Waals surface area contributed by atoms with Crippen LogP contribution in [0.3, 0.4) is 0 Å². The Bertz CT molecular complexity index is 552. The first-order valence-corrected chi connectivity index (χ1v) is 6.74. The monoisotopic (exact) mass is 259 g/mol. The first kappa shape index (κ1) is 12.2. The summed E-state index contributed by atoms with van der Waals surface area (Å²) in [4.78, 5) is 23.1. The topological polar surface area (TPSA) is 66.4 Å². The highest BCUT2D eigenvalue weighted by atomic mass is 16.4. The number of hydrogen-bond acceptors (Lipinski definition) is 2. The van der Waals surface area contributed by atoms with Crippen molar-refractivity contribution in [1.29, 1.82) is 0 Å². The maximum atomic E-state index is 12.2. The molecule has 1 saturated heterocycles. The Kier molecular flexibility index (Phi) is 2.81. The SMILES string of the molecule is O=C(O)c1ccc2c(c1)CC[C@@]1(CCCNC1=O)C2. The van der Waals surface area contributed by atoms with Gasteiger partial charge < -0.3 is 10.4 Å². The number of rotatable bonds is 1. The summed E-state index contributed by atoms with van der Waals surface area (Å²) in [7, 11) is 0. The van der Waals surface area contributed by atoms with E-state index in [1.165, 1.54) is 0 Å². The number of carbonyl (C=O) groups excluding carboxylic acids is 1. The maximum Gasteiger partial charge on any atom is 0.335 e. The molecule has 0 radical (unpaired) electrons. The molecule has 100 valence electrons. The van der Waals surface area contributed by atoms with Gasteiger partial charge in [-0.1, -0.05) is 6.07 Å². The Morgan fingerprint density at radius 2 is 2.11 bits per heavy atom. The lowest BCUT2D eigenvalue weighted by molar-refractivity contribution is -0.134. The summed E-state index contributed by atoms with van der Waals surface area (Å²) < 4.78 is 0. The van der Waals surface area contributed by atoms with Gasteiger partial charge in [-0.15, -0.1) is 0 Å². The highest BCUT2D eigenvalue weighted by Gasteiger charge is 2.42. The largest absolute Gasteiger partial charge is 0.478 e. The van der Waals surface area contributed by atoms with Crippen molar-refractivity contribution < 1.29 is 14.7 Å². The number of nitrogens with one attached hydrogen (secondary N) is 1. The minimum Gasteiger partial charge on any atom is -0.478 e.